The molecular weight excluding hydrogens is 384 g/mol. The summed E-state index contributed by atoms with van der Waals surface area (Å²) in [5.74, 6) is -0.262. The van der Waals surface area contributed by atoms with Crippen LogP contribution in [0.4, 0.5) is 5.69 Å². The van der Waals surface area contributed by atoms with Crippen LogP contribution in [0, 0.1) is 6.92 Å². The molecule has 3 aromatic carbocycles. The van der Waals surface area contributed by atoms with Gasteiger partial charge in [-0.2, -0.15) is 0 Å². The van der Waals surface area contributed by atoms with Crippen molar-refractivity contribution >= 4 is 22.4 Å². The second kappa shape index (κ2) is 8.44. The first kappa shape index (κ1) is 20.4. The van der Waals surface area contributed by atoms with Gasteiger partial charge in [-0.05, 0) is 59.7 Å². The van der Waals surface area contributed by atoms with Crippen LogP contribution in [-0.4, -0.2) is 10.5 Å². The van der Waals surface area contributed by atoms with Gasteiger partial charge in [0.05, 0.1) is 0 Å². The maximum absolute atomic E-state index is 12.7. The molecule has 1 aromatic heterocycles. The van der Waals surface area contributed by atoms with Crippen LogP contribution in [0.15, 0.2) is 90.4 Å². The van der Waals surface area contributed by atoms with Gasteiger partial charge in [0.15, 0.2) is 0 Å². The summed E-state index contributed by atoms with van der Waals surface area (Å²) in [5.41, 5.74) is 6.12. The molecule has 1 amide bonds. The highest BCUT2D eigenvalue weighted by Gasteiger charge is 2.14. The summed E-state index contributed by atoms with van der Waals surface area (Å²) in [5, 5.41) is 4.41. The number of aromatic nitrogens is 1. The number of benzene rings is 3. The molecule has 1 heterocycles. The zero-order valence-electron chi connectivity index (χ0n) is 17.7. The molecule has 31 heavy (non-hydrogen) atoms. The molecule has 0 saturated carbocycles. The van der Waals surface area contributed by atoms with Gasteiger partial charge in [-0.1, -0.05) is 60.7 Å². The first-order chi connectivity index (χ1) is 15.0. The van der Waals surface area contributed by atoms with E-state index in [-0.39, 0.29) is 11.5 Å². The van der Waals surface area contributed by atoms with Crippen LogP contribution in [0.5, 0.6) is 0 Å². The summed E-state index contributed by atoms with van der Waals surface area (Å²) in [6.45, 7) is 5.60. The average Bonchev–Trinajstić information content (AvgIpc) is 2.78. The summed E-state index contributed by atoms with van der Waals surface area (Å²) in [7, 11) is 1.77. The minimum atomic E-state index is -0.262. The highest BCUT2D eigenvalue weighted by molar-refractivity contribution is 6.01. The Morgan fingerprint density at radius 2 is 1.71 bits per heavy atom. The molecule has 0 saturated heterocycles. The zero-order valence-corrected chi connectivity index (χ0v) is 17.7. The fourth-order valence-corrected chi connectivity index (χ4v) is 3.81. The fraction of sp³-hybridized carbons (Fsp3) is 0.111. The van der Waals surface area contributed by atoms with E-state index in [0.29, 0.717) is 11.1 Å². The lowest BCUT2D eigenvalue weighted by Crippen LogP contribution is -2.16. The molecule has 0 spiro atoms. The molecule has 1 N–H and O–H groups in total. The summed E-state index contributed by atoms with van der Waals surface area (Å²) in [4.78, 5) is 24.5. The molecular formula is C27H24N2O2. The Labute approximate surface area is 181 Å². The topological polar surface area (TPSA) is 51.1 Å². The second-order valence-corrected chi connectivity index (χ2v) is 7.73. The van der Waals surface area contributed by atoms with Gasteiger partial charge in [0.1, 0.15) is 0 Å². The minimum absolute atomic E-state index is 0.0319. The van der Waals surface area contributed by atoms with Crippen LogP contribution in [0.25, 0.3) is 21.9 Å². The van der Waals surface area contributed by atoms with Gasteiger partial charge in [0.25, 0.3) is 5.56 Å². The van der Waals surface area contributed by atoms with Crippen molar-refractivity contribution in [1.82, 2.24) is 4.57 Å². The van der Waals surface area contributed by atoms with E-state index >= 15 is 0 Å². The first-order valence-electron chi connectivity index (χ1n) is 10.2. The number of pyridine rings is 1. The molecule has 0 aliphatic heterocycles. The Morgan fingerprint density at radius 3 is 2.42 bits per heavy atom. The number of hydrogen-bond donors (Lipinski definition) is 1. The van der Waals surface area contributed by atoms with Crippen LogP contribution in [0.1, 0.15) is 16.7 Å². The molecule has 0 aliphatic rings. The summed E-state index contributed by atoms with van der Waals surface area (Å²) in [6.07, 6.45) is 3.86. The average molecular weight is 409 g/mol. The Hall–Kier alpha value is -3.92. The number of fused-ring (bicyclic) bond motifs is 1. The van der Waals surface area contributed by atoms with E-state index in [1.54, 1.807) is 11.6 Å². The number of hydrogen-bond acceptors (Lipinski definition) is 2. The third-order valence-electron chi connectivity index (χ3n) is 5.46. The van der Waals surface area contributed by atoms with Crippen LogP contribution in [0.2, 0.25) is 0 Å². The number of amides is 1. The molecule has 154 valence electrons. The molecule has 0 bridgehead atoms. The Kier molecular flexibility index (Phi) is 5.54. The van der Waals surface area contributed by atoms with Crippen molar-refractivity contribution in [2.45, 2.75) is 13.3 Å². The Bertz CT molecular complexity index is 1350. The molecule has 0 aliphatic carbocycles. The quantitative estimate of drug-likeness (QED) is 0.460. The fourth-order valence-electron chi connectivity index (χ4n) is 3.81. The monoisotopic (exact) mass is 408 g/mol. The zero-order chi connectivity index (χ0) is 22.0. The lowest BCUT2D eigenvalue weighted by molar-refractivity contribution is -0.111. The lowest BCUT2D eigenvalue weighted by atomic mass is 9.92. The van der Waals surface area contributed by atoms with Crippen molar-refractivity contribution in [3.05, 3.63) is 113 Å². The third-order valence-corrected chi connectivity index (χ3v) is 5.46. The predicted molar refractivity (Wildman–Crippen MR) is 127 cm³/mol. The molecule has 4 nitrogen and oxygen atoms in total. The number of nitrogens with zero attached hydrogens (tertiary/aromatic N) is 1. The molecule has 4 aromatic rings. The van der Waals surface area contributed by atoms with E-state index in [1.807, 2.05) is 48.7 Å². The van der Waals surface area contributed by atoms with Crippen LogP contribution in [-0.2, 0) is 18.3 Å². The van der Waals surface area contributed by atoms with Gasteiger partial charge >= 0.3 is 0 Å². The van der Waals surface area contributed by atoms with Crippen LogP contribution in [0.3, 0.4) is 0 Å². The van der Waals surface area contributed by atoms with E-state index in [1.165, 1.54) is 17.2 Å². The second-order valence-electron chi connectivity index (χ2n) is 7.73. The Morgan fingerprint density at radius 1 is 1.00 bits per heavy atom. The highest BCUT2D eigenvalue weighted by Crippen LogP contribution is 2.33. The smallest absolute Gasteiger partial charge is 0.258 e. The number of anilines is 1. The lowest BCUT2D eigenvalue weighted by Gasteiger charge is -2.16. The van der Waals surface area contributed by atoms with E-state index in [0.717, 1.165) is 28.5 Å². The van der Waals surface area contributed by atoms with E-state index in [9.17, 15) is 9.59 Å². The van der Waals surface area contributed by atoms with Gasteiger partial charge in [0.2, 0.25) is 5.91 Å². The maximum atomic E-state index is 12.7. The largest absolute Gasteiger partial charge is 0.323 e. The highest BCUT2D eigenvalue weighted by atomic mass is 16.1. The third kappa shape index (κ3) is 4.19. The molecule has 4 rings (SSSR count). The van der Waals surface area contributed by atoms with E-state index in [4.69, 9.17) is 0 Å². The molecule has 0 atom stereocenters. The first-order valence-corrected chi connectivity index (χ1v) is 10.2. The summed E-state index contributed by atoms with van der Waals surface area (Å²) in [6, 6.07) is 22.0. The molecule has 0 radical (unpaired) electrons. The van der Waals surface area contributed by atoms with Crippen molar-refractivity contribution in [2.75, 3.05) is 5.32 Å². The van der Waals surface area contributed by atoms with Crippen molar-refractivity contribution in [3.8, 4) is 11.1 Å². The molecule has 0 fully saturated rings. The van der Waals surface area contributed by atoms with Crippen LogP contribution < -0.4 is 10.9 Å². The molecule has 4 heteroatoms. The van der Waals surface area contributed by atoms with Gasteiger partial charge in [-0.25, -0.2) is 0 Å². The SMILES string of the molecule is C=CC(=O)Nc1ccc(Cc2ccc(C)cc2)c(-c2cn(C)c(=O)c3ccccc23)c1. The van der Waals surface area contributed by atoms with E-state index in [2.05, 4.69) is 43.1 Å². The van der Waals surface area contributed by atoms with Crippen LogP contribution >= 0.6 is 0 Å². The van der Waals surface area contributed by atoms with Crippen molar-refractivity contribution in [1.29, 1.82) is 0 Å². The number of carbonyl (C=O) groups is 1. The number of nitrogens with one attached hydrogen (secondary N) is 1. The van der Waals surface area contributed by atoms with Gasteiger partial charge < -0.3 is 9.88 Å². The van der Waals surface area contributed by atoms with Gasteiger partial charge in [-0.3, -0.25) is 9.59 Å². The summed E-state index contributed by atoms with van der Waals surface area (Å²) < 4.78 is 1.61. The summed E-state index contributed by atoms with van der Waals surface area (Å²) >= 11 is 0. The van der Waals surface area contributed by atoms with Crippen molar-refractivity contribution in [2.24, 2.45) is 7.05 Å². The maximum Gasteiger partial charge on any atom is 0.258 e. The van der Waals surface area contributed by atoms with Gasteiger partial charge in [0, 0.05) is 29.9 Å². The van der Waals surface area contributed by atoms with Crippen molar-refractivity contribution < 1.29 is 4.79 Å². The number of carbonyl (C=O) groups excluding carboxylic acids is 1. The normalized spacial score (nSPS) is 10.8. The number of rotatable bonds is 5. The van der Waals surface area contributed by atoms with Crippen molar-refractivity contribution in [3.63, 3.8) is 0 Å². The van der Waals surface area contributed by atoms with Gasteiger partial charge in [-0.15, -0.1) is 0 Å². The Balaban J connectivity index is 1.93. The van der Waals surface area contributed by atoms with E-state index < -0.39 is 0 Å². The molecule has 0 unspecified atom stereocenters. The minimum Gasteiger partial charge on any atom is -0.323 e. The predicted octanol–water partition coefficient (Wildman–Crippen LogP) is 5.23. The standard InChI is InChI=1S/C27H24N2O2/c1-4-26(30)28-21-14-13-20(15-19-11-9-18(2)10-12-19)24(16-21)25-17-29(3)27(31)23-8-6-5-7-22(23)25/h4-14,16-17H,1,15H2,2-3H3,(H,28,30). The number of aryl methyl sites for hydroxylation is 2.